The number of nitrogens with two attached hydrogens (primary N) is 1. The summed E-state index contributed by atoms with van der Waals surface area (Å²) in [6.07, 6.45) is 4.14. The van der Waals surface area contributed by atoms with Crippen LogP contribution in [0, 0.1) is 5.92 Å². The Labute approximate surface area is 144 Å². The summed E-state index contributed by atoms with van der Waals surface area (Å²) in [6, 6.07) is 6.51. The fraction of sp³-hybridized carbons (Fsp3) is 0.600. The van der Waals surface area contributed by atoms with Gasteiger partial charge in [-0.25, -0.2) is 9.97 Å². The van der Waals surface area contributed by atoms with Crippen molar-refractivity contribution in [2.45, 2.75) is 58.4 Å². The topological polar surface area (TPSA) is 61.0 Å². The van der Waals surface area contributed by atoms with E-state index >= 15 is 0 Å². The number of rotatable bonds is 5. The fourth-order valence-electron chi connectivity index (χ4n) is 3.54. The average Bonchev–Trinajstić information content (AvgIpc) is 2.60. The van der Waals surface area contributed by atoms with Gasteiger partial charge < -0.3 is 10.5 Å². The summed E-state index contributed by atoms with van der Waals surface area (Å²) in [5.41, 5.74) is 9.78. The molecule has 0 radical (unpaired) electrons. The normalized spacial score (nSPS) is 19.8. The molecule has 2 unspecified atom stereocenters. The Kier molecular flexibility index (Phi) is 5.47. The highest BCUT2D eigenvalue weighted by atomic mass is 16.5. The molecule has 2 N–H and O–H groups in total. The maximum Gasteiger partial charge on any atom is 0.145 e. The van der Waals surface area contributed by atoms with Crippen LogP contribution >= 0.6 is 0 Å². The first-order chi connectivity index (χ1) is 11.6. The number of nitrogens with zero attached hydrogens (tertiary/aromatic N) is 2. The van der Waals surface area contributed by atoms with Crippen molar-refractivity contribution in [2.24, 2.45) is 11.7 Å². The maximum absolute atomic E-state index is 6.32. The van der Waals surface area contributed by atoms with E-state index in [4.69, 9.17) is 20.4 Å². The third-order valence-corrected chi connectivity index (χ3v) is 4.84. The molecule has 0 bridgehead atoms. The van der Waals surface area contributed by atoms with Crippen LogP contribution in [-0.2, 0) is 11.2 Å². The van der Waals surface area contributed by atoms with Crippen molar-refractivity contribution < 1.29 is 4.74 Å². The highest BCUT2D eigenvalue weighted by Gasteiger charge is 2.19. The lowest BCUT2D eigenvalue weighted by molar-refractivity contribution is 0.0805. The summed E-state index contributed by atoms with van der Waals surface area (Å²) in [4.78, 5) is 9.55. The van der Waals surface area contributed by atoms with Gasteiger partial charge in [-0.2, -0.15) is 0 Å². The maximum atomic E-state index is 6.32. The molecule has 0 amide bonds. The smallest absolute Gasteiger partial charge is 0.145 e. The molecule has 1 fully saturated rings. The highest BCUT2D eigenvalue weighted by molar-refractivity contribution is 5.82. The number of aryl methyl sites for hydroxylation is 1. The summed E-state index contributed by atoms with van der Waals surface area (Å²) in [5, 5.41) is 1.17. The van der Waals surface area contributed by atoms with Gasteiger partial charge in [0.05, 0.1) is 23.9 Å². The molecule has 3 rings (SSSR count). The van der Waals surface area contributed by atoms with Crippen LogP contribution in [0.5, 0.6) is 0 Å². The van der Waals surface area contributed by atoms with Gasteiger partial charge in [0, 0.05) is 17.9 Å². The van der Waals surface area contributed by atoms with Crippen LogP contribution in [0.2, 0.25) is 0 Å². The standard InChI is InChI=1S/C20H29N3O/c1-4-18-16-11-14(15-6-5-9-24-12-15)7-8-19(16)23-20(22-18)17(21)10-13(2)3/h7-8,11,13,15,17H,4-6,9-10,12,21H2,1-3H3. The van der Waals surface area contributed by atoms with Crippen LogP contribution in [0.25, 0.3) is 10.9 Å². The Hall–Kier alpha value is -1.52. The van der Waals surface area contributed by atoms with E-state index in [0.717, 1.165) is 49.5 Å². The van der Waals surface area contributed by atoms with Crippen molar-refractivity contribution in [2.75, 3.05) is 13.2 Å². The Morgan fingerprint density at radius 1 is 1.29 bits per heavy atom. The molecule has 0 saturated carbocycles. The molecular formula is C20H29N3O. The summed E-state index contributed by atoms with van der Waals surface area (Å²) in [5.74, 6) is 1.82. The molecule has 4 heteroatoms. The lowest BCUT2D eigenvalue weighted by Gasteiger charge is -2.23. The first kappa shape index (κ1) is 17.3. The van der Waals surface area contributed by atoms with Crippen LogP contribution < -0.4 is 5.73 Å². The van der Waals surface area contributed by atoms with Gasteiger partial charge in [-0.15, -0.1) is 0 Å². The largest absolute Gasteiger partial charge is 0.381 e. The van der Waals surface area contributed by atoms with Gasteiger partial charge in [-0.05, 0) is 49.3 Å². The third kappa shape index (κ3) is 3.76. The van der Waals surface area contributed by atoms with Gasteiger partial charge in [0.1, 0.15) is 5.82 Å². The number of hydrogen-bond donors (Lipinski definition) is 1. The predicted octanol–water partition coefficient (Wildman–Crippen LogP) is 4.13. The molecule has 2 atom stereocenters. The minimum absolute atomic E-state index is 0.0916. The van der Waals surface area contributed by atoms with Gasteiger partial charge in [-0.3, -0.25) is 0 Å². The van der Waals surface area contributed by atoms with Crippen molar-refractivity contribution in [3.63, 3.8) is 0 Å². The average molecular weight is 327 g/mol. The summed E-state index contributed by atoms with van der Waals surface area (Å²) < 4.78 is 5.64. The van der Waals surface area contributed by atoms with E-state index in [9.17, 15) is 0 Å². The molecule has 1 aliphatic heterocycles. The van der Waals surface area contributed by atoms with Gasteiger partial charge in [-0.1, -0.05) is 26.8 Å². The first-order valence-electron chi connectivity index (χ1n) is 9.22. The lowest BCUT2D eigenvalue weighted by atomic mass is 9.92. The molecule has 1 aliphatic rings. The monoisotopic (exact) mass is 327 g/mol. The minimum atomic E-state index is -0.0916. The molecule has 2 heterocycles. The molecule has 24 heavy (non-hydrogen) atoms. The van der Waals surface area contributed by atoms with E-state index in [1.54, 1.807) is 0 Å². The number of aromatic nitrogens is 2. The van der Waals surface area contributed by atoms with Crippen molar-refractivity contribution in [1.82, 2.24) is 9.97 Å². The second-order valence-electron chi connectivity index (χ2n) is 7.31. The zero-order chi connectivity index (χ0) is 17.1. The van der Waals surface area contributed by atoms with Crippen LogP contribution in [-0.4, -0.2) is 23.2 Å². The van der Waals surface area contributed by atoms with Crippen LogP contribution in [0.3, 0.4) is 0 Å². The second-order valence-corrected chi connectivity index (χ2v) is 7.31. The predicted molar refractivity (Wildman–Crippen MR) is 98.1 cm³/mol. The van der Waals surface area contributed by atoms with Crippen molar-refractivity contribution in [1.29, 1.82) is 0 Å². The number of benzene rings is 1. The zero-order valence-corrected chi connectivity index (χ0v) is 15.1. The quantitative estimate of drug-likeness (QED) is 0.897. The van der Waals surface area contributed by atoms with E-state index in [-0.39, 0.29) is 6.04 Å². The Balaban J connectivity index is 1.97. The van der Waals surface area contributed by atoms with Gasteiger partial charge in [0.25, 0.3) is 0 Å². The zero-order valence-electron chi connectivity index (χ0n) is 15.1. The van der Waals surface area contributed by atoms with E-state index in [1.807, 2.05) is 0 Å². The Morgan fingerprint density at radius 2 is 2.12 bits per heavy atom. The Bertz CT molecular complexity index is 693. The van der Waals surface area contributed by atoms with Gasteiger partial charge >= 0.3 is 0 Å². The lowest BCUT2D eigenvalue weighted by Crippen LogP contribution is -2.18. The molecule has 130 valence electrons. The van der Waals surface area contributed by atoms with Gasteiger partial charge in [0.2, 0.25) is 0 Å². The number of ether oxygens (including phenoxy) is 1. The molecule has 0 spiro atoms. The van der Waals surface area contributed by atoms with Crippen LogP contribution in [0.1, 0.15) is 69.1 Å². The first-order valence-corrected chi connectivity index (χ1v) is 9.22. The number of hydrogen-bond acceptors (Lipinski definition) is 4. The molecular weight excluding hydrogens is 298 g/mol. The van der Waals surface area contributed by atoms with E-state index in [2.05, 4.69) is 39.0 Å². The summed E-state index contributed by atoms with van der Waals surface area (Å²) in [6.45, 7) is 8.23. The Morgan fingerprint density at radius 3 is 2.79 bits per heavy atom. The molecule has 0 aliphatic carbocycles. The SMILES string of the molecule is CCc1nc(C(N)CC(C)C)nc2ccc(C3CCCOC3)cc12. The van der Waals surface area contributed by atoms with E-state index in [1.165, 1.54) is 17.4 Å². The van der Waals surface area contributed by atoms with Crippen LogP contribution in [0.15, 0.2) is 18.2 Å². The van der Waals surface area contributed by atoms with E-state index in [0.29, 0.717) is 11.8 Å². The van der Waals surface area contributed by atoms with Crippen LogP contribution in [0.4, 0.5) is 0 Å². The fourth-order valence-corrected chi connectivity index (χ4v) is 3.54. The van der Waals surface area contributed by atoms with Crippen molar-refractivity contribution in [3.8, 4) is 0 Å². The third-order valence-electron chi connectivity index (χ3n) is 4.84. The number of fused-ring (bicyclic) bond motifs is 1. The van der Waals surface area contributed by atoms with Gasteiger partial charge in [0.15, 0.2) is 0 Å². The molecule has 2 aromatic rings. The second kappa shape index (κ2) is 7.58. The van der Waals surface area contributed by atoms with E-state index < -0.39 is 0 Å². The highest BCUT2D eigenvalue weighted by Crippen LogP contribution is 2.29. The summed E-state index contributed by atoms with van der Waals surface area (Å²) >= 11 is 0. The molecule has 1 aromatic carbocycles. The van der Waals surface area contributed by atoms with Crippen molar-refractivity contribution in [3.05, 3.63) is 35.3 Å². The minimum Gasteiger partial charge on any atom is -0.381 e. The molecule has 4 nitrogen and oxygen atoms in total. The molecule has 1 aromatic heterocycles. The van der Waals surface area contributed by atoms with Crippen molar-refractivity contribution >= 4 is 10.9 Å². The summed E-state index contributed by atoms with van der Waals surface area (Å²) in [7, 11) is 0. The molecule has 1 saturated heterocycles.